The summed E-state index contributed by atoms with van der Waals surface area (Å²) < 4.78 is 0. The van der Waals surface area contributed by atoms with Gasteiger partial charge in [-0.2, -0.15) is 0 Å². The summed E-state index contributed by atoms with van der Waals surface area (Å²) in [7, 11) is 0. The first-order chi connectivity index (χ1) is 13.7. The number of aliphatic hydroxyl groups excluding tert-OH is 1. The molecule has 0 unspecified atom stereocenters. The Kier molecular flexibility index (Phi) is 7.14. The van der Waals surface area contributed by atoms with Gasteiger partial charge in [-0.1, -0.05) is 18.2 Å². The molecule has 0 spiro atoms. The van der Waals surface area contributed by atoms with Crippen LogP contribution in [0.25, 0.3) is 11.3 Å². The maximum Gasteiger partial charge on any atom is 0.251 e. The molecular formula is C22H27N3O3. The maximum absolute atomic E-state index is 12.8. The van der Waals surface area contributed by atoms with Crippen LogP contribution < -0.4 is 5.32 Å². The molecule has 0 bridgehead atoms. The van der Waals surface area contributed by atoms with Crippen molar-refractivity contribution in [3.8, 4) is 11.3 Å². The Bertz CT molecular complexity index is 771. The fraction of sp³-hybridized carbons (Fsp3) is 0.409. The van der Waals surface area contributed by atoms with Gasteiger partial charge < -0.3 is 15.3 Å². The van der Waals surface area contributed by atoms with Gasteiger partial charge in [-0.15, -0.1) is 0 Å². The number of hydrogen-bond acceptors (Lipinski definition) is 4. The number of rotatable bonds is 7. The van der Waals surface area contributed by atoms with E-state index in [9.17, 15) is 9.59 Å². The lowest BCUT2D eigenvalue weighted by atomic mass is 10.0. The number of aliphatic hydroxyl groups is 1. The van der Waals surface area contributed by atoms with Crippen LogP contribution in [0.15, 0.2) is 48.7 Å². The van der Waals surface area contributed by atoms with Gasteiger partial charge in [0.25, 0.3) is 5.91 Å². The minimum atomic E-state index is -0.604. The van der Waals surface area contributed by atoms with Gasteiger partial charge in [-0.25, -0.2) is 0 Å². The van der Waals surface area contributed by atoms with E-state index in [1.54, 1.807) is 18.3 Å². The summed E-state index contributed by atoms with van der Waals surface area (Å²) in [5.41, 5.74) is 2.27. The van der Waals surface area contributed by atoms with E-state index >= 15 is 0 Å². The lowest BCUT2D eigenvalue weighted by Crippen LogP contribution is -2.50. The molecule has 2 N–H and O–H groups in total. The zero-order valence-electron chi connectivity index (χ0n) is 16.0. The van der Waals surface area contributed by atoms with E-state index in [1.165, 1.54) is 0 Å². The molecular weight excluding hydrogens is 354 g/mol. The predicted molar refractivity (Wildman–Crippen MR) is 108 cm³/mol. The minimum Gasteiger partial charge on any atom is -0.396 e. The van der Waals surface area contributed by atoms with Crippen molar-refractivity contribution in [1.29, 1.82) is 0 Å². The van der Waals surface area contributed by atoms with E-state index in [1.807, 2.05) is 35.2 Å². The van der Waals surface area contributed by atoms with E-state index in [0.29, 0.717) is 18.4 Å². The number of hydrogen-bond donors (Lipinski definition) is 2. The smallest absolute Gasteiger partial charge is 0.251 e. The third kappa shape index (κ3) is 5.16. The van der Waals surface area contributed by atoms with Gasteiger partial charge in [-0.05, 0) is 56.4 Å². The van der Waals surface area contributed by atoms with Crippen molar-refractivity contribution in [2.45, 2.75) is 38.1 Å². The number of amides is 2. The first kappa shape index (κ1) is 20.0. The Labute approximate surface area is 165 Å². The van der Waals surface area contributed by atoms with Crippen LogP contribution >= 0.6 is 0 Å². The van der Waals surface area contributed by atoms with E-state index in [-0.39, 0.29) is 18.4 Å². The fourth-order valence-corrected chi connectivity index (χ4v) is 3.45. The topological polar surface area (TPSA) is 82.5 Å². The molecule has 148 valence electrons. The van der Waals surface area contributed by atoms with Crippen LogP contribution in [0.2, 0.25) is 0 Å². The van der Waals surface area contributed by atoms with Gasteiger partial charge in [0.2, 0.25) is 5.91 Å². The summed E-state index contributed by atoms with van der Waals surface area (Å²) in [5.74, 6) is -0.326. The molecule has 1 atom stereocenters. The van der Waals surface area contributed by atoms with E-state index in [0.717, 1.165) is 43.6 Å². The van der Waals surface area contributed by atoms with Crippen molar-refractivity contribution in [2.24, 2.45) is 0 Å². The number of nitrogens with one attached hydrogen (secondary N) is 1. The number of carbonyl (C=O) groups excluding carboxylic acids is 2. The summed E-state index contributed by atoms with van der Waals surface area (Å²) in [6.45, 7) is 1.48. The number of likely N-dealkylation sites (tertiary alicyclic amines) is 1. The zero-order chi connectivity index (χ0) is 19.8. The molecule has 3 rings (SSSR count). The van der Waals surface area contributed by atoms with Crippen molar-refractivity contribution >= 4 is 11.8 Å². The molecule has 2 amide bonds. The molecule has 1 aromatic carbocycles. The van der Waals surface area contributed by atoms with E-state index in [4.69, 9.17) is 5.11 Å². The third-order valence-corrected chi connectivity index (χ3v) is 5.03. The van der Waals surface area contributed by atoms with Crippen LogP contribution in [0.5, 0.6) is 0 Å². The van der Waals surface area contributed by atoms with Gasteiger partial charge >= 0.3 is 0 Å². The molecule has 28 heavy (non-hydrogen) atoms. The number of benzene rings is 1. The Morgan fingerprint density at radius 1 is 1.07 bits per heavy atom. The molecule has 6 heteroatoms. The molecule has 1 saturated heterocycles. The fourth-order valence-electron chi connectivity index (χ4n) is 3.45. The molecule has 0 saturated carbocycles. The average molecular weight is 381 g/mol. The molecule has 2 heterocycles. The lowest BCUT2D eigenvalue weighted by molar-refractivity contribution is -0.134. The molecule has 1 aromatic heterocycles. The van der Waals surface area contributed by atoms with Gasteiger partial charge in [0.05, 0.1) is 5.69 Å². The highest BCUT2D eigenvalue weighted by atomic mass is 16.3. The molecule has 1 fully saturated rings. The van der Waals surface area contributed by atoms with Crippen LogP contribution in [-0.2, 0) is 4.79 Å². The Balaban J connectivity index is 1.67. The lowest BCUT2D eigenvalue weighted by Gasteiger charge is -2.30. The van der Waals surface area contributed by atoms with Crippen molar-refractivity contribution in [3.05, 3.63) is 54.2 Å². The summed E-state index contributed by atoms with van der Waals surface area (Å²) >= 11 is 0. The first-order valence-electron chi connectivity index (χ1n) is 9.91. The molecule has 0 aliphatic carbocycles. The highest BCUT2D eigenvalue weighted by Crippen LogP contribution is 2.17. The van der Waals surface area contributed by atoms with Crippen molar-refractivity contribution in [1.82, 2.24) is 15.2 Å². The van der Waals surface area contributed by atoms with Gasteiger partial charge in [0, 0.05) is 37.0 Å². The number of piperidine rings is 1. The molecule has 2 aromatic rings. The monoisotopic (exact) mass is 381 g/mol. The highest BCUT2D eigenvalue weighted by molar-refractivity contribution is 5.97. The molecule has 1 aliphatic rings. The Morgan fingerprint density at radius 3 is 2.46 bits per heavy atom. The maximum atomic E-state index is 12.8. The SMILES string of the molecule is O=C(N[C@@H](CCCO)C(=O)N1CCCCC1)c1ccc(-c2ccccn2)cc1. The molecule has 0 radical (unpaired) electrons. The number of nitrogens with zero attached hydrogens (tertiary/aromatic N) is 2. The second-order valence-corrected chi connectivity index (χ2v) is 7.07. The van der Waals surface area contributed by atoms with E-state index < -0.39 is 6.04 Å². The standard InChI is InChI=1S/C22H27N3O3/c26-16-6-8-20(22(28)25-14-4-1-5-15-25)24-21(27)18-11-9-17(10-12-18)19-7-2-3-13-23-19/h2-3,7,9-13,20,26H,1,4-6,8,14-16H2,(H,24,27)/t20-/m0/s1. The quantitative estimate of drug-likeness (QED) is 0.772. The van der Waals surface area contributed by atoms with Crippen molar-refractivity contribution < 1.29 is 14.7 Å². The largest absolute Gasteiger partial charge is 0.396 e. The van der Waals surface area contributed by atoms with Crippen LogP contribution in [-0.4, -0.2) is 52.5 Å². The first-order valence-corrected chi connectivity index (χ1v) is 9.91. The number of carbonyl (C=O) groups is 2. The van der Waals surface area contributed by atoms with Crippen LogP contribution in [0.3, 0.4) is 0 Å². The number of aromatic nitrogens is 1. The minimum absolute atomic E-state index is 0.00156. The average Bonchev–Trinajstić information content (AvgIpc) is 2.77. The van der Waals surface area contributed by atoms with Gasteiger partial charge in [0.1, 0.15) is 6.04 Å². The van der Waals surface area contributed by atoms with E-state index in [2.05, 4.69) is 10.3 Å². The van der Waals surface area contributed by atoms with Crippen molar-refractivity contribution in [2.75, 3.05) is 19.7 Å². The Morgan fingerprint density at radius 2 is 1.82 bits per heavy atom. The van der Waals surface area contributed by atoms with Gasteiger partial charge in [-0.3, -0.25) is 14.6 Å². The zero-order valence-corrected chi connectivity index (χ0v) is 16.0. The summed E-state index contributed by atoms with van der Waals surface area (Å²) in [5, 5.41) is 12.0. The summed E-state index contributed by atoms with van der Waals surface area (Å²) in [4.78, 5) is 31.7. The van der Waals surface area contributed by atoms with Crippen LogP contribution in [0, 0.1) is 0 Å². The van der Waals surface area contributed by atoms with Crippen LogP contribution in [0.4, 0.5) is 0 Å². The summed E-state index contributed by atoms with van der Waals surface area (Å²) in [6, 6.07) is 12.3. The number of pyridine rings is 1. The third-order valence-electron chi connectivity index (χ3n) is 5.03. The van der Waals surface area contributed by atoms with Gasteiger partial charge in [0.15, 0.2) is 0 Å². The summed E-state index contributed by atoms with van der Waals surface area (Å²) in [6.07, 6.45) is 5.78. The Hall–Kier alpha value is -2.73. The molecule has 1 aliphatic heterocycles. The van der Waals surface area contributed by atoms with Crippen LogP contribution in [0.1, 0.15) is 42.5 Å². The second-order valence-electron chi connectivity index (χ2n) is 7.07. The highest BCUT2D eigenvalue weighted by Gasteiger charge is 2.26. The normalized spacial score (nSPS) is 15.1. The second kappa shape index (κ2) is 9.99. The molecule has 6 nitrogen and oxygen atoms in total. The van der Waals surface area contributed by atoms with Crippen molar-refractivity contribution in [3.63, 3.8) is 0 Å². The predicted octanol–water partition coefficient (Wildman–Crippen LogP) is 2.63.